The first-order valence-electron chi connectivity index (χ1n) is 7.86. The van der Waals surface area contributed by atoms with Gasteiger partial charge < -0.3 is 14.6 Å². The van der Waals surface area contributed by atoms with Gasteiger partial charge in [-0.05, 0) is 48.3 Å². The summed E-state index contributed by atoms with van der Waals surface area (Å²) in [6.45, 7) is 6.62. The van der Waals surface area contributed by atoms with Crippen LogP contribution in [0.3, 0.4) is 0 Å². The smallest absolute Gasteiger partial charge is 0.122 e. The molecule has 0 amide bonds. The molecule has 1 aliphatic carbocycles. The normalized spacial score (nSPS) is 29.5. The second-order valence-corrected chi connectivity index (χ2v) is 6.76. The van der Waals surface area contributed by atoms with Gasteiger partial charge in [0.05, 0.1) is 19.8 Å². The van der Waals surface area contributed by atoms with Gasteiger partial charge in [0.25, 0.3) is 0 Å². The van der Waals surface area contributed by atoms with E-state index in [1.807, 2.05) is 18.2 Å². The van der Waals surface area contributed by atoms with Crippen LogP contribution in [0, 0.1) is 17.8 Å². The predicted molar refractivity (Wildman–Crippen MR) is 84.8 cm³/mol. The van der Waals surface area contributed by atoms with Gasteiger partial charge in [-0.2, -0.15) is 0 Å². The van der Waals surface area contributed by atoms with E-state index in [9.17, 15) is 5.11 Å². The molecule has 0 saturated heterocycles. The molecule has 1 aromatic carbocycles. The summed E-state index contributed by atoms with van der Waals surface area (Å²) >= 11 is 0. The minimum Gasteiger partial charge on any atom is -0.497 e. The topological polar surface area (TPSA) is 38.7 Å². The maximum atomic E-state index is 11.5. The van der Waals surface area contributed by atoms with Gasteiger partial charge in [0.1, 0.15) is 11.5 Å². The third-order valence-electron chi connectivity index (χ3n) is 4.90. The summed E-state index contributed by atoms with van der Waals surface area (Å²) in [5.41, 5.74) is 0.122. The lowest BCUT2D eigenvalue weighted by molar-refractivity contribution is -0.0867. The molecular weight excluding hydrogens is 264 g/mol. The lowest BCUT2D eigenvalue weighted by atomic mass is 9.64. The first-order chi connectivity index (χ1) is 9.90. The summed E-state index contributed by atoms with van der Waals surface area (Å²) in [5.74, 6) is 2.71. The van der Waals surface area contributed by atoms with Crippen LogP contribution >= 0.6 is 0 Å². The van der Waals surface area contributed by atoms with Crippen LogP contribution in [0.25, 0.3) is 0 Å². The third kappa shape index (κ3) is 3.18. The molecule has 1 N–H and O–H groups in total. The van der Waals surface area contributed by atoms with Gasteiger partial charge in [0.15, 0.2) is 0 Å². The van der Waals surface area contributed by atoms with E-state index >= 15 is 0 Å². The fraction of sp³-hybridized carbons (Fsp3) is 0.667. The van der Waals surface area contributed by atoms with Crippen molar-refractivity contribution in [3.63, 3.8) is 0 Å². The van der Waals surface area contributed by atoms with Crippen molar-refractivity contribution in [1.82, 2.24) is 0 Å². The van der Waals surface area contributed by atoms with E-state index in [1.54, 1.807) is 14.2 Å². The SMILES string of the molecule is COc1cc(OC)cc(C2(O)CC(C)CCC2C(C)C)c1. The van der Waals surface area contributed by atoms with Gasteiger partial charge in [-0.25, -0.2) is 0 Å². The van der Waals surface area contributed by atoms with Crippen LogP contribution < -0.4 is 9.47 Å². The highest BCUT2D eigenvalue weighted by atomic mass is 16.5. The van der Waals surface area contributed by atoms with E-state index in [-0.39, 0.29) is 5.92 Å². The molecule has 3 atom stereocenters. The molecule has 0 radical (unpaired) electrons. The fourth-order valence-electron chi connectivity index (χ4n) is 3.76. The Morgan fingerprint density at radius 1 is 1.10 bits per heavy atom. The maximum Gasteiger partial charge on any atom is 0.122 e. The highest BCUT2D eigenvalue weighted by Gasteiger charge is 2.44. The van der Waals surface area contributed by atoms with Gasteiger partial charge in [0.2, 0.25) is 0 Å². The molecule has 0 bridgehead atoms. The second-order valence-electron chi connectivity index (χ2n) is 6.76. The summed E-state index contributed by atoms with van der Waals surface area (Å²) < 4.78 is 10.7. The number of aliphatic hydroxyl groups is 1. The van der Waals surface area contributed by atoms with Crippen LogP contribution in [0.1, 0.15) is 45.6 Å². The first kappa shape index (κ1) is 16.2. The van der Waals surface area contributed by atoms with E-state index in [2.05, 4.69) is 20.8 Å². The molecule has 3 heteroatoms. The number of hydrogen-bond donors (Lipinski definition) is 1. The molecule has 2 rings (SSSR count). The molecule has 118 valence electrons. The van der Waals surface area contributed by atoms with Crippen LogP contribution in [-0.2, 0) is 5.60 Å². The van der Waals surface area contributed by atoms with Gasteiger partial charge in [-0.3, -0.25) is 0 Å². The van der Waals surface area contributed by atoms with E-state index in [0.717, 1.165) is 29.9 Å². The molecule has 1 aliphatic rings. The van der Waals surface area contributed by atoms with E-state index in [1.165, 1.54) is 6.42 Å². The standard InChI is InChI=1S/C18H28O3/c1-12(2)17-7-6-13(3)11-18(17,19)14-8-15(20-4)10-16(9-14)21-5/h8-10,12-13,17,19H,6-7,11H2,1-5H3. The van der Waals surface area contributed by atoms with Gasteiger partial charge in [0, 0.05) is 6.07 Å². The average molecular weight is 292 g/mol. The quantitative estimate of drug-likeness (QED) is 0.912. The van der Waals surface area contributed by atoms with Gasteiger partial charge in [-0.15, -0.1) is 0 Å². The summed E-state index contributed by atoms with van der Waals surface area (Å²) in [7, 11) is 3.29. The van der Waals surface area contributed by atoms with Crippen molar-refractivity contribution >= 4 is 0 Å². The summed E-state index contributed by atoms with van der Waals surface area (Å²) in [6, 6.07) is 5.76. The maximum absolute atomic E-state index is 11.5. The molecule has 1 fully saturated rings. The fourth-order valence-corrected chi connectivity index (χ4v) is 3.76. The Hall–Kier alpha value is -1.22. The van der Waals surface area contributed by atoms with Crippen molar-refractivity contribution in [2.75, 3.05) is 14.2 Å². The van der Waals surface area contributed by atoms with Crippen molar-refractivity contribution in [3.8, 4) is 11.5 Å². The second kappa shape index (κ2) is 6.27. The van der Waals surface area contributed by atoms with Crippen molar-refractivity contribution in [2.24, 2.45) is 17.8 Å². The van der Waals surface area contributed by atoms with Crippen LogP contribution in [-0.4, -0.2) is 19.3 Å². The van der Waals surface area contributed by atoms with E-state index in [0.29, 0.717) is 11.8 Å². The Balaban J connectivity index is 2.48. The van der Waals surface area contributed by atoms with Crippen LogP contribution in [0.5, 0.6) is 11.5 Å². The molecule has 0 heterocycles. The number of ether oxygens (including phenoxy) is 2. The van der Waals surface area contributed by atoms with Gasteiger partial charge >= 0.3 is 0 Å². The monoisotopic (exact) mass is 292 g/mol. The number of hydrogen-bond acceptors (Lipinski definition) is 3. The van der Waals surface area contributed by atoms with Crippen molar-refractivity contribution < 1.29 is 14.6 Å². The van der Waals surface area contributed by atoms with Gasteiger partial charge in [-0.1, -0.05) is 27.2 Å². The minimum atomic E-state index is -0.798. The van der Waals surface area contributed by atoms with Crippen LogP contribution in [0.4, 0.5) is 0 Å². The lowest BCUT2D eigenvalue weighted by Gasteiger charge is -2.45. The summed E-state index contributed by atoms with van der Waals surface area (Å²) in [5, 5.41) is 11.5. The highest BCUT2D eigenvalue weighted by molar-refractivity contribution is 5.41. The molecule has 3 nitrogen and oxygen atoms in total. The molecule has 0 aliphatic heterocycles. The zero-order valence-corrected chi connectivity index (χ0v) is 13.8. The van der Waals surface area contributed by atoms with E-state index < -0.39 is 5.60 Å². The first-order valence-corrected chi connectivity index (χ1v) is 7.86. The molecule has 0 spiro atoms. The molecule has 0 aromatic heterocycles. The average Bonchev–Trinajstić information content (AvgIpc) is 2.46. The lowest BCUT2D eigenvalue weighted by Crippen LogP contribution is -2.43. The van der Waals surface area contributed by atoms with E-state index in [4.69, 9.17) is 9.47 Å². The molecule has 3 unspecified atom stereocenters. The Morgan fingerprint density at radius 2 is 1.67 bits per heavy atom. The number of benzene rings is 1. The predicted octanol–water partition coefficient (Wildman–Crippen LogP) is 3.98. The third-order valence-corrected chi connectivity index (χ3v) is 4.90. The van der Waals surface area contributed by atoms with Crippen molar-refractivity contribution in [2.45, 2.75) is 45.6 Å². The minimum absolute atomic E-state index is 0.269. The zero-order valence-electron chi connectivity index (χ0n) is 13.8. The zero-order chi connectivity index (χ0) is 15.6. The highest BCUT2D eigenvalue weighted by Crippen LogP contribution is 2.48. The summed E-state index contributed by atoms with van der Waals surface area (Å²) in [6.07, 6.45) is 3.05. The van der Waals surface area contributed by atoms with Crippen LogP contribution in [0.2, 0.25) is 0 Å². The molecule has 21 heavy (non-hydrogen) atoms. The summed E-state index contributed by atoms with van der Waals surface area (Å²) in [4.78, 5) is 0. The molecule has 1 aromatic rings. The molecule has 1 saturated carbocycles. The Bertz CT molecular complexity index is 461. The Morgan fingerprint density at radius 3 is 2.14 bits per heavy atom. The molecular formula is C18H28O3. The Kier molecular flexibility index (Phi) is 4.82. The number of methoxy groups -OCH3 is 2. The van der Waals surface area contributed by atoms with Crippen molar-refractivity contribution in [3.05, 3.63) is 23.8 Å². The Labute approximate surface area is 128 Å². The largest absolute Gasteiger partial charge is 0.497 e. The van der Waals surface area contributed by atoms with Crippen molar-refractivity contribution in [1.29, 1.82) is 0 Å². The van der Waals surface area contributed by atoms with Crippen LogP contribution in [0.15, 0.2) is 18.2 Å². The number of rotatable bonds is 4.